The van der Waals surface area contributed by atoms with Crippen molar-refractivity contribution in [3.8, 4) is 0 Å². The summed E-state index contributed by atoms with van der Waals surface area (Å²) in [6.45, 7) is 5.75. The minimum absolute atomic E-state index is 0.0833. The summed E-state index contributed by atoms with van der Waals surface area (Å²) in [5.74, 6) is 0.486. The Morgan fingerprint density at radius 1 is 1.80 bits per heavy atom. The molecule has 2 amide bonds. The van der Waals surface area contributed by atoms with Crippen LogP contribution in [0.5, 0.6) is 0 Å². The van der Waals surface area contributed by atoms with Gasteiger partial charge in [-0.15, -0.1) is 12.3 Å². The zero-order valence-corrected chi connectivity index (χ0v) is 8.40. The standard InChI is InChI=1S/C6H7N3O2.C3H6O/c10-6-7-2-3-9(6)5-1-4-11-8-5;1-3(2)4/h1,4H,2-3H2,(H,7,10);4H,1H2,2H3/p-1. The lowest BCUT2D eigenvalue weighted by molar-refractivity contribution is -0.300. The van der Waals surface area contributed by atoms with Crippen LogP contribution in [0.3, 0.4) is 0 Å². The maximum Gasteiger partial charge on any atom is 0.323 e. The van der Waals surface area contributed by atoms with Crippen molar-refractivity contribution in [3.63, 3.8) is 0 Å². The smallest absolute Gasteiger partial charge is 0.323 e. The second-order valence-electron chi connectivity index (χ2n) is 2.94. The molecule has 0 aliphatic carbocycles. The monoisotopic (exact) mass is 210 g/mol. The average Bonchev–Trinajstić information content (AvgIpc) is 2.71. The molecule has 1 aliphatic heterocycles. The molecule has 6 heteroatoms. The van der Waals surface area contributed by atoms with E-state index in [1.54, 1.807) is 6.07 Å². The van der Waals surface area contributed by atoms with Gasteiger partial charge < -0.3 is 14.9 Å². The van der Waals surface area contributed by atoms with Crippen LogP contribution in [0.2, 0.25) is 0 Å². The van der Waals surface area contributed by atoms with Crippen molar-refractivity contribution in [2.24, 2.45) is 0 Å². The van der Waals surface area contributed by atoms with Gasteiger partial charge in [0.1, 0.15) is 6.26 Å². The Kier molecular flexibility index (Phi) is 3.73. The van der Waals surface area contributed by atoms with Gasteiger partial charge in [0, 0.05) is 19.2 Å². The fraction of sp³-hybridized carbons (Fsp3) is 0.333. The number of allylic oxidation sites excluding steroid dienone is 1. The normalized spacial score (nSPS) is 14.2. The molecule has 1 saturated heterocycles. The Bertz CT molecular complexity index is 330. The number of rotatable bonds is 1. The summed E-state index contributed by atoms with van der Waals surface area (Å²) < 4.78 is 4.60. The quantitative estimate of drug-likeness (QED) is 0.666. The molecule has 0 bridgehead atoms. The van der Waals surface area contributed by atoms with E-state index < -0.39 is 0 Å². The van der Waals surface area contributed by atoms with E-state index in [0.29, 0.717) is 18.9 Å². The molecule has 1 aromatic heterocycles. The molecule has 6 nitrogen and oxygen atoms in total. The van der Waals surface area contributed by atoms with Gasteiger partial charge in [0.15, 0.2) is 5.82 Å². The van der Waals surface area contributed by atoms with Crippen LogP contribution in [0, 0.1) is 0 Å². The van der Waals surface area contributed by atoms with Gasteiger partial charge in [0.05, 0.1) is 0 Å². The van der Waals surface area contributed by atoms with Crippen molar-refractivity contribution in [2.45, 2.75) is 6.92 Å². The first-order valence-corrected chi connectivity index (χ1v) is 4.39. The molecular formula is C9H12N3O3-. The summed E-state index contributed by atoms with van der Waals surface area (Å²) in [4.78, 5) is 12.5. The Morgan fingerprint density at radius 2 is 2.47 bits per heavy atom. The molecule has 0 radical (unpaired) electrons. The van der Waals surface area contributed by atoms with Crippen molar-refractivity contribution in [2.75, 3.05) is 18.0 Å². The van der Waals surface area contributed by atoms with E-state index in [9.17, 15) is 9.90 Å². The van der Waals surface area contributed by atoms with Gasteiger partial charge in [-0.1, -0.05) is 12.1 Å². The Labute approximate surface area is 87.2 Å². The number of hydrogen-bond acceptors (Lipinski definition) is 4. The van der Waals surface area contributed by atoms with Gasteiger partial charge in [-0.25, -0.2) is 4.79 Å². The first kappa shape index (κ1) is 11.1. The van der Waals surface area contributed by atoms with E-state index in [1.165, 1.54) is 18.1 Å². The van der Waals surface area contributed by atoms with Gasteiger partial charge >= 0.3 is 6.03 Å². The van der Waals surface area contributed by atoms with Crippen LogP contribution >= 0.6 is 0 Å². The van der Waals surface area contributed by atoms with Crippen LogP contribution in [-0.4, -0.2) is 24.3 Å². The number of hydrogen-bond donors (Lipinski definition) is 1. The highest BCUT2D eigenvalue weighted by atomic mass is 16.5. The number of urea groups is 1. The molecule has 15 heavy (non-hydrogen) atoms. The molecule has 0 aromatic carbocycles. The number of nitrogens with zero attached hydrogens (tertiary/aromatic N) is 2. The van der Waals surface area contributed by atoms with Gasteiger partial charge in [0.2, 0.25) is 0 Å². The Morgan fingerprint density at radius 3 is 2.87 bits per heavy atom. The fourth-order valence-corrected chi connectivity index (χ4v) is 1.04. The highest BCUT2D eigenvalue weighted by molar-refractivity contribution is 5.92. The van der Waals surface area contributed by atoms with Gasteiger partial charge in [-0.2, -0.15) is 0 Å². The minimum atomic E-state index is -0.112. The van der Waals surface area contributed by atoms with Crippen molar-refractivity contribution < 1.29 is 14.4 Å². The number of anilines is 1. The maximum atomic E-state index is 11.0. The summed E-state index contributed by atoms with van der Waals surface area (Å²) in [6.07, 6.45) is 1.45. The molecule has 1 fully saturated rings. The molecular weight excluding hydrogens is 198 g/mol. The minimum Gasteiger partial charge on any atom is -0.876 e. The molecule has 2 heterocycles. The first-order chi connectivity index (χ1) is 7.11. The third kappa shape index (κ3) is 3.34. The fourth-order valence-electron chi connectivity index (χ4n) is 1.04. The van der Waals surface area contributed by atoms with Gasteiger partial charge in [0.25, 0.3) is 0 Å². The van der Waals surface area contributed by atoms with E-state index in [4.69, 9.17) is 0 Å². The first-order valence-electron chi connectivity index (χ1n) is 4.39. The maximum absolute atomic E-state index is 11.0. The van der Waals surface area contributed by atoms with E-state index in [-0.39, 0.29) is 11.8 Å². The largest absolute Gasteiger partial charge is 0.876 e. The number of aromatic nitrogens is 1. The lowest BCUT2D eigenvalue weighted by Gasteiger charge is -2.07. The lowest BCUT2D eigenvalue weighted by Crippen LogP contribution is -2.27. The van der Waals surface area contributed by atoms with E-state index >= 15 is 0 Å². The zero-order valence-electron chi connectivity index (χ0n) is 8.40. The molecule has 0 unspecified atom stereocenters. The van der Waals surface area contributed by atoms with E-state index in [2.05, 4.69) is 21.6 Å². The van der Waals surface area contributed by atoms with Gasteiger partial charge in [-0.05, 0) is 0 Å². The van der Waals surface area contributed by atoms with Crippen molar-refractivity contribution in [1.82, 2.24) is 10.5 Å². The summed E-state index contributed by atoms with van der Waals surface area (Å²) >= 11 is 0. The van der Waals surface area contributed by atoms with Crippen molar-refractivity contribution >= 4 is 11.8 Å². The summed E-state index contributed by atoms with van der Waals surface area (Å²) in [6, 6.07) is 1.55. The van der Waals surface area contributed by atoms with E-state index in [0.717, 1.165) is 0 Å². The Hall–Kier alpha value is -1.98. The zero-order chi connectivity index (χ0) is 11.3. The van der Waals surface area contributed by atoms with Crippen LogP contribution < -0.4 is 15.3 Å². The summed E-state index contributed by atoms with van der Waals surface area (Å²) in [5, 5.41) is 15.6. The molecule has 2 rings (SSSR count). The second-order valence-corrected chi connectivity index (χ2v) is 2.94. The average molecular weight is 210 g/mol. The Balaban J connectivity index is 0.000000245. The number of nitrogens with one attached hydrogen (secondary N) is 1. The topological polar surface area (TPSA) is 81.4 Å². The highest BCUT2D eigenvalue weighted by Gasteiger charge is 2.22. The lowest BCUT2D eigenvalue weighted by atomic mass is 10.5. The summed E-state index contributed by atoms with van der Waals surface area (Å²) in [5.41, 5.74) is 0. The van der Waals surface area contributed by atoms with Crippen LogP contribution in [-0.2, 0) is 0 Å². The number of carbonyl (C=O) groups excluding carboxylic acids is 1. The van der Waals surface area contributed by atoms with Crippen molar-refractivity contribution in [1.29, 1.82) is 0 Å². The predicted octanol–water partition coefficient (Wildman–Crippen LogP) is 0.0845. The van der Waals surface area contributed by atoms with Crippen LogP contribution in [0.4, 0.5) is 10.6 Å². The number of amides is 2. The molecule has 1 aliphatic rings. The molecule has 0 atom stereocenters. The molecule has 0 saturated carbocycles. The van der Waals surface area contributed by atoms with Crippen LogP contribution in [0.1, 0.15) is 6.92 Å². The van der Waals surface area contributed by atoms with Crippen molar-refractivity contribution in [3.05, 3.63) is 24.7 Å². The summed E-state index contributed by atoms with van der Waals surface area (Å²) in [7, 11) is 0. The molecule has 0 spiro atoms. The highest BCUT2D eigenvalue weighted by Crippen LogP contribution is 2.11. The third-order valence-corrected chi connectivity index (χ3v) is 1.56. The van der Waals surface area contributed by atoms with Gasteiger partial charge in [-0.3, -0.25) is 4.90 Å². The van der Waals surface area contributed by atoms with Crippen LogP contribution in [0.25, 0.3) is 0 Å². The predicted molar refractivity (Wildman–Crippen MR) is 52.1 cm³/mol. The molecule has 1 N–H and O–H groups in total. The SMILES string of the molecule is C=C(C)[O-].O=C1NCCN1c1ccon1. The third-order valence-electron chi connectivity index (χ3n) is 1.56. The molecule has 1 aromatic rings. The number of carbonyl (C=O) groups is 1. The van der Waals surface area contributed by atoms with E-state index in [1.807, 2.05) is 0 Å². The molecule has 82 valence electrons. The second kappa shape index (κ2) is 5.04. The van der Waals surface area contributed by atoms with Crippen LogP contribution in [0.15, 0.2) is 29.2 Å².